The van der Waals surface area contributed by atoms with Gasteiger partial charge in [-0.2, -0.15) is 5.26 Å². The molecule has 110 valence electrons. The van der Waals surface area contributed by atoms with Gasteiger partial charge in [-0.15, -0.1) is 0 Å². The monoisotopic (exact) mass is 314 g/mol. The summed E-state index contributed by atoms with van der Waals surface area (Å²) in [5, 5.41) is 20.3. The van der Waals surface area contributed by atoms with Crippen LogP contribution >= 0.6 is 11.6 Å². The zero-order valence-corrected chi connectivity index (χ0v) is 12.1. The predicted molar refractivity (Wildman–Crippen MR) is 82.1 cm³/mol. The highest BCUT2D eigenvalue weighted by Gasteiger charge is 2.11. The molecule has 0 aliphatic carbocycles. The molecule has 2 aromatic rings. The van der Waals surface area contributed by atoms with Gasteiger partial charge in [0.05, 0.1) is 23.1 Å². The van der Waals surface area contributed by atoms with E-state index in [2.05, 4.69) is 5.32 Å². The number of benzene rings is 2. The van der Waals surface area contributed by atoms with Crippen molar-refractivity contribution in [2.75, 3.05) is 5.32 Å². The van der Waals surface area contributed by atoms with Gasteiger partial charge in [0.1, 0.15) is 0 Å². The third kappa shape index (κ3) is 3.62. The van der Waals surface area contributed by atoms with Crippen LogP contribution in [-0.2, 0) is 6.42 Å². The summed E-state index contributed by atoms with van der Waals surface area (Å²) in [7, 11) is 0. The van der Waals surface area contributed by atoms with Crippen molar-refractivity contribution < 1.29 is 14.7 Å². The number of carbonyl (C=O) groups is 2. The molecule has 6 heteroatoms. The number of halogens is 1. The maximum absolute atomic E-state index is 12.1. The van der Waals surface area contributed by atoms with Crippen molar-refractivity contribution in [2.24, 2.45) is 0 Å². The van der Waals surface area contributed by atoms with Crippen molar-refractivity contribution in [3.05, 3.63) is 64.2 Å². The number of nitrogens with zero attached hydrogens (tertiary/aromatic N) is 1. The second-order valence-electron chi connectivity index (χ2n) is 4.49. The van der Waals surface area contributed by atoms with Crippen LogP contribution in [0.25, 0.3) is 0 Å². The standard InChI is InChI=1S/C16H11ClN2O3/c17-14-9-12(4-5-13(14)16(21)22)19-15(20)11-3-1-2-10(8-11)6-7-18/h1-5,8-9H,6H2,(H,19,20)(H,21,22). The molecule has 0 unspecified atom stereocenters. The fourth-order valence-corrected chi connectivity index (χ4v) is 2.14. The van der Waals surface area contributed by atoms with Crippen molar-refractivity contribution >= 4 is 29.2 Å². The Hall–Kier alpha value is -2.84. The first-order valence-corrected chi connectivity index (χ1v) is 6.69. The number of rotatable bonds is 4. The Bertz CT molecular complexity index is 781. The van der Waals surface area contributed by atoms with Gasteiger partial charge < -0.3 is 10.4 Å². The minimum absolute atomic E-state index is 0.0318. The molecule has 0 aromatic heterocycles. The van der Waals surface area contributed by atoms with Crippen LogP contribution in [0.1, 0.15) is 26.3 Å². The Morgan fingerprint density at radius 1 is 1.23 bits per heavy atom. The van der Waals surface area contributed by atoms with E-state index in [0.29, 0.717) is 11.3 Å². The predicted octanol–water partition coefficient (Wildman–Crippen LogP) is 3.36. The number of nitrogens with one attached hydrogen (secondary N) is 1. The molecule has 0 radical (unpaired) electrons. The second-order valence-corrected chi connectivity index (χ2v) is 4.90. The lowest BCUT2D eigenvalue weighted by Crippen LogP contribution is -2.12. The lowest BCUT2D eigenvalue weighted by Gasteiger charge is -2.07. The van der Waals surface area contributed by atoms with Gasteiger partial charge in [0.15, 0.2) is 0 Å². The van der Waals surface area contributed by atoms with Crippen molar-refractivity contribution in [3.8, 4) is 6.07 Å². The Balaban J connectivity index is 2.19. The summed E-state index contributed by atoms with van der Waals surface area (Å²) in [6, 6.07) is 12.9. The normalized spacial score (nSPS) is 9.82. The molecule has 0 aliphatic rings. The summed E-state index contributed by atoms with van der Waals surface area (Å²) in [6.07, 6.45) is 0.222. The van der Waals surface area contributed by atoms with Crippen molar-refractivity contribution in [1.29, 1.82) is 5.26 Å². The van der Waals surface area contributed by atoms with E-state index in [1.807, 2.05) is 6.07 Å². The van der Waals surface area contributed by atoms with Gasteiger partial charge in [0.2, 0.25) is 0 Å². The summed E-state index contributed by atoms with van der Waals surface area (Å²) in [5.74, 6) is -1.49. The minimum Gasteiger partial charge on any atom is -0.478 e. The van der Waals surface area contributed by atoms with Crippen LogP contribution < -0.4 is 5.32 Å². The lowest BCUT2D eigenvalue weighted by molar-refractivity contribution is 0.0697. The summed E-state index contributed by atoms with van der Waals surface area (Å²) < 4.78 is 0. The molecule has 2 rings (SSSR count). The van der Waals surface area contributed by atoms with Gasteiger partial charge in [-0.25, -0.2) is 4.79 Å². The van der Waals surface area contributed by atoms with Gasteiger partial charge in [-0.1, -0.05) is 23.7 Å². The van der Waals surface area contributed by atoms with Gasteiger partial charge >= 0.3 is 5.97 Å². The maximum Gasteiger partial charge on any atom is 0.337 e. The second kappa shape index (κ2) is 6.74. The SMILES string of the molecule is N#CCc1cccc(C(=O)Nc2ccc(C(=O)O)c(Cl)c2)c1. The number of hydrogen-bond donors (Lipinski definition) is 2. The Morgan fingerprint density at radius 3 is 2.64 bits per heavy atom. The average Bonchev–Trinajstić information content (AvgIpc) is 2.47. The van der Waals surface area contributed by atoms with Crippen LogP contribution in [0.4, 0.5) is 5.69 Å². The molecule has 22 heavy (non-hydrogen) atoms. The first kappa shape index (κ1) is 15.5. The Labute approximate surface area is 131 Å². The van der Waals surface area contributed by atoms with Crippen LogP contribution in [0.3, 0.4) is 0 Å². The molecule has 0 saturated heterocycles. The summed E-state index contributed by atoms with van der Waals surface area (Å²) in [6.45, 7) is 0. The molecule has 0 spiro atoms. The molecule has 0 atom stereocenters. The largest absolute Gasteiger partial charge is 0.478 e. The first-order chi connectivity index (χ1) is 10.5. The Kier molecular flexibility index (Phi) is 4.77. The van der Waals surface area contributed by atoms with Crippen molar-refractivity contribution in [1.82, 2.24) is 0 Å². The molecule has 0 heterocycles. The third-order valence-electron chi connectivity index (χ3n) is 2.93. The van der Waals surface area contributed by atoms with E-state index in [4.69, 9.17) is 22.0 Å². The number of carbonyl (C=O) groups excluding carboxylic acids is 1. The van der Waals surface area contributed by atoms with Gasteiger partial charge in [0.25, 0.3) is 5.91 Å². The van der Waals surface area contributed by atoms with Crippen LogP contribution in [0.15, 0.2) is 42.5 Å². The van der Waals surface area contributed by atoms with Crippen LogP contribution in [0.5, 0.6) is 0 Å². The smallest absolute Gasteiger partial charge is 0.337 e. The number of anilines is 1. The molecule has 5 nitrogen and oxygen atoms in total. The zero-order valence-electron chi connectivity index (χ0n) is 11.3. The number of aromatic carboxylic acids is 1. The topological polar surface area (TPSA) is 90.2 Å². The van der Waals surface area contributed by atoms with Crippen molar-refractivity contribution in [3.63, 3.8) is 0 Å². The van der Waals surface area contributed by atoms with Crippen LogP contribution in [0, 0.1) is 11.3 Å². The van der Waals surface area contributed by atoms with Crippen LogP contribution in [-0.4, -0.2) is 17.0 Å². The summed E-state index contributed by atoms with van der Waals surface area (Å²) in [5.41, 5.74) is 1.52. The number of carboxylic acid groups (broad SMARTS) is 1. The molecule has 0 aliphatic heterocycles. The molecule has 0 saturated carbocycles. The van der Waals surface area contributed by atoms with E-state index >= 15 is 0 Å². The number of amides is 1. The highest BCUT2D eigenvalue weighted by Crippen LogP contribution is 2.21. The number of carboxylic acids is 1. The highest BCUT2D eigenvalue weighted by atomic mass is 35.5. The molecular weight excluding hydrogens is 304 g/mol. The fourth-order valence-electron chi connectivity index (χ4n) is 1.88. The number of hydrogen-bond acceptors (Lipinski definition) is 3. The molecule has 0 bridgehead atoms. The summed E-state index contributed by atoms with van der Waals surface area (Å²) >= 11 is 5.85. The van der Waals surface area contributed by atoms with Crippen molar-refractivity contribution in [2.45, 2.75) is 6.42 Å². The number of nitriles is 1. The molecule has 0 fully saturated rings. The molecule has 2 N–H and O–H groups in total. The zero-order chi connectivity index (χ0) is 16.1. The molecule has 2 aromatic carbocycles. The maximum atomic E-state index is 12.1. The first-order valence-electron chi connectivity index (χ1n) is 6.31. The fraction of sp³-hybridized carbons (Fsp3) is 0.0625. The van der Waals surface area contributed by atoms with E-state index in [9.17, 15) is 9.59 Å². The summed E-state index contributed by atoms with van der Waals surface area (Å²) in [4.78, 5) is 23.0. The lowest BCUT2D eigenvalue weighted by atomic mass is 10.1. The highest BCUT2D eigenvalue weighted by molar-refractivity contribution is 6.33. The van der Waals surface area contributed by atoms with E-state index in [1.54, 1.807) is 24.3 Å². The third-order valence-corrected chi connectivity index (χ3v) is 3.24. The Morgan fingerprint density at radius 2 is 2.00 bits per heavy atom. The van der Waals surface area contributed by atoms with Gasteiger partial charge in [-0.05, 0) is 35.9 Å². The van der Waals surface area contributed by atoms with E-state index < -0.39 is 5.97 Å². The average molecular weight is 315 g/mol. The van der Waals surface area contributed by atoms with E-state index in [0.717, 1.165) is 5.56 Å². The van der Waals surface area contributed by atoms with E-state index in [1.165, 1.54) is 18.2 Å². The minimum atomic E-state index is -1.13. The molecule has 1 amide bonds. The van der Waals surface area contributed by atoms with Gasteiger partial charge in [0, 0.05) is 11.3 Å². The van der Waals surface area contributed by atoms with Crippen LogP contribution in [0.2, 0.25) is 5.02 Å². The quantitative estimate of drug-likeness (QED) is 0.905. The van der Waals surface area contributed by atoms with Gasteiger partial charge in [-0.3, -0.25) is 4.79 Å². The van der Waals surface area contributed by atoms with E-state index in [-0.39, 0.29) is 22.9 Å². The molecular formula is C16H11ClN2O3.